The van der Waals surface area contributed by atoms with Crippen LogP contribution >= 0.6 is 0 Å². The Hall–Kier alpha value is -3.03. The lowest BCUT2D eigenvalue weighted by Crippen LogP contribution is -2.49. The fourth-order valence-corrected chi connectivity index (χ4v) is 3.89. The SMILES string of the molecule is CCC1CNc2nc(N)nc(N3CCN(C(=O)OCc4ccccc4)CC3)c2C1. The van der Waals surface area contributed by atoms with Gasteiger partial charge in [0.25, 0.3) is 0 Å². The molecule has 1 aromatic carbocycles. The van der Waals surface area contributed by atoms with Gasteiger partial charge in [-0.05, 0) is 17.9 Å². The van der Waals surface area contributed by atoms with E-state index >= 15 is 0 Å². The second-order valence-corrected chi connectivity index (χ2v) is 7.61. The van der Waals surface area contributed by atoms with Gasteiger partial charge in [0.2, 0.25) is 5.95 Å². The molecule has 3 heterocycles. The molecule has 0 saturated carbocycles. The van der Waals surface area contributed by atoms with Crippen LogP contribution in [0.4, 0.5) is 22.4 Å². The summed E-state index contributed by atoms with van der Waals surface area (Å²) in [6.07, 6.45) is 1.79. The first kappa shape index (κ1) is 19.3. The van der Waals surface area contributed by atoms with E-state index in [1.807, 2.05) is 30.3 Å². The van der Waals surface area contributed by atoms with Crippen LogP contribution in [0.3, 0.4) is 0 Å². The number of nitrogens with zero attached hydrogens (tertiary/aromatic N) is 4. The highest BCUT2D eigenvalue weighted by molar-refractivity contribution is 5.69. The molecule has 29 heavy (non-hydrogen) atoms. The number of rotatable bonds is 4. The minimum atomic E-state index is -0.273. The molecule has 0 radical (unpaired) electrons. The van der Waals surface area contributed by atoms with Gasteiger partial charge in [-0.15, -0.1) is 0 Å². The number of anilines is 3. The summed E-state index contributed by atoms with van der Waals surface area (Å²) in [6.45, 7) is 5.99. The Morgan fingerprint density at radius 1 is 1.21 bits per heavy atom. The predicted octanol–water partition coefficient (Wildman–Crippen LogP) is 2.51. The van der Waals surface area contributed by atoms with E-state index in [0.717, 1.165) is 42.1 Å². The van der Waals surface area contributed by atoms with Gasteiger partial charge in [0.15, 0.2) is 0 Å². The first-order valence-electron chi connectivity index (χ1n) is 10.2. The second kappa shape index (κ2) is 8.55. The maximum atomic E-state index is 12.4. The van der Waals surface area contributed by atoms with Crippen molar-refractivity contribution in [3.8, 4) is 0 Å². The number of nitrogen functional groups attached to an aromatic ring is 1. The zero-order valence-corrected chi connectivity index (χ0v) is 16.8. The lowest BCUT2D eigenvalue weighted by atomic mass is 9.94. The molecule has 0 spiro atoms. The number of nitrogens with two attached hydrogens (primary N) is 1. The molecule has 1 atom stereocenters. The standard InChI is InChI=1S/C21H28N6O2/c1-2-15-12-17-18(23-13-15)24-20(22)25-19(17)26-8-10-27(11-9-26)21(28)29-14-16-6-4-3-5-7-16/h3-7,15H,2,8-14H2,1H3,(H3,22,23,24,25). The lowest BCUT2D eigenvalue weighted by Gasteiger charge is -2.37. The van der Waals surface area contributed by atoms with Crippen molar-refractivity contribution in [2.45, 2.75) is 26.4 Å². The first-order chi connectivity index (χ1) is 14.1. The van der Waals surface area contributed by atoms with Gasteiger partial charge in [-0.1, -0.05) is 43.7 Å². The number of ether oxygens (including phenoxy) is 1. The molecule has 8 nitrogen and oxygen atoms in total. The Morgan fingerprint density at radius 2 is 1.97 bits per heavy atom. The topological polar surface area (TPSA) is 96.6 Å². The number of hydrogen-bond donors (Lipinski definition) is 2. The number of nitrogens with one attached hydrogen (secondary N) is 1. The molecule has 1 saturated heterocycles. The van der Waals surface area contributed by atoms with Crippen molar-refractivity contribution in [2.75, 3.05) is 48.7 Å². The molecule has 3 N–H and O–H groups in total. The molecule has 154 valence electrons. The van der Waals surface area contributed by atoms with Crippen LogP contribution in [-0.4, -0.2) is 53.7 Å². The van der Waals surface area contributed by atoms with Crippen molar-refractivity contribution >= 4 is 23.7 Å². The van der Waals surface area contributed by atoms with Gasteiger partial charge in [-0.25, -0.2) is 4.79 Å². The van der Waals surface area contributed by atoms with Crippen molar-refractivity contribution in [1.29, 1.82) is 0 Å². The van der Waals surface area contributed by atoms with Crippen molar-refractivity contribution < 1.29 is 9.53 Å². The Labute approximate surface area is 171 Å². The summed E-state index contributed by atoms with van der Waals surface area (Å²) in [6, 6.07) is 9.72. The third-order valence-corrected chi connectivity index (χ3v) is 5.67. The van der Waals surface area contributed by atoms with Crippen LogP contribution in [0.1, 0.15) is 24.5 Å². The number of carbonyl (C=O) groups is 1. The third-order valence-electron chi connectivity index (χ3n) is 5.67. The van der Waals surface area contributed by atoms with Gasteiger partial charge in [-0.3, -0.25) is 0 Å². The van der Waals surface area contributed by atoms with E-state index in [9.17, 15) is 4.79 Å². The molecule has 2 aliphatic heterocycles. The van der Waals surface area contributed by atoms with E-state index in [0.29, 0.717) is 38.7 Å². The van der Waals surface area contributed by atoms with Crippen LogP contribution < -0.4 is 16.0 Å². The maximum absolute atomic E-state index is 12.4. The number of fused-ring (bicyclic) bond motifs is 1. The summed E-state index contributed by atoms with van der Waals surface area (Å²) in [5.74, 6) is 2.60. The number of benzene rings is 1. The van der Waals surface area contributed by atoms with E-state index in [2.05, 4.69) is 27.1 Å². The molecule has 1 amide bonds. The number of carbonyl (C=O) groups excluding carboxylic acids is 1. The van der Waals surface area contributed by atoms with Gasteiger partial charge in [-0.2, -0.15) is 9.97 Å². The van der Waals surface area contributed by atoms with Gasteiger partial charge in [0.05, 0.1) is 0 Å². The number of aromatic nitrogens is 2. The zero-order valence-electron chi connectivity index (χ0n) is 16.8. The highest BCUT2D eigenvalue weighted by Gasteiger charge is 2.28. The molecule has 2 aromatic rings. The number of piperazine rings is 1. The molecule has 2 aliphatic rings. The zero-order chi connectivity index (χ0) is 20.2. The Balaban J connectivity index is 1.38. The summed E-state index contributed by atoms with van der Waals surface area (Å²) in [5, 5.41) is 3.40. The summed E-state index contributed by atoms with van der Waals surface area (Å²) in [7, 11) is 0. The first-order valence-corrected chi connectivity index (χ1v) is 10.2. The predicted molar refractivity (Wildman–Crippen MR) is 113 cm³/mol. The molecule has 8 heteroatoms. The Morgan fingerprint density at radius 3 is 2.69 bits per heavy atom. The van der Waals surface area contributed by atoms with Crippen LogP contribution in [0.2, 0.25) is 0 Å². The summed E-state index contributed by atoms with van der Waals surface area (Å²) >= 11 is 0. The second-order valence-electron chi connectivity index (χ2n) is 7.61. The Kier molecular flexibility index (Phi) is 5.69. The fraction of sp³-hybridized carbons (Fsp3) is 0.476. The monoisotopic (exact) mass is 396 g/mol. The molecular weight excluding hydrogens is 368 g/mol. The van der Waals surface area contributed by atoms with Gasteiger partial charge in [0.1, 0.15) is 18.2 Å². The van der Waals surface area contributed by atoms with Crippen LogP contribution in [-0.2, 0) is 17.8 Å². The van der Waals surface area contributed by atoms with E-state index in [-0.39, 0.29) is 12.0 Å². The normalized spacial score (nSPS) is 18.7. The van der Waals surface area contributed by atoms with Crippen LogP contribution in [0.25, 0.3) is 0 Å². The maximum Gasteiger partial charge on any atom is 0.410 e. The number of hydrogen-bond acceptors (Lipinski definition) is 7. The molecular formula is C21H28N6O2. The van der Waals surface area contributed by atoms with E-state index in [1.165, 1.54) is 0 Å². The molecule has 1 fully saturated rings. The van der Waals surface area contributed by atoms with Crippen LogP contribution in [0.15, 0.2) is 30.3 Å². The average Bonchev–Trinajstić information content (AvgIpc) is 2.77. The fourth-order valence-electron chi connectivity index (χ4n) is 3.89. The molecule has 4 rings (SSSR count). The Bertz CT molecular complexity index is 852. The summed E-state index contributed by atoms with van der Waals surface area (Å²) < 4.78 is 5.46. The van der Waals surface area contributed by atoms with Gasteiger partial charge < -0.3 is 25.6 Å². The molecule has 1 unspecified atom stereocenters. The van der Waals surface area contributed by atoms with E-state index in [4.69, 9.17) is 10.5 Å². The molecule has 0 bridgehead atoms. The van der Waals surface area contributed by atoms with Crippen LogP contribution in [0, 0.1) is 5.92 Å². The summed E-state index contributed by atoms with van der Waals surface area (Å²) in [5.41, 5.74) is 8.08. The highest BCUT2D eigenvalue weighted by atomic mass is 16.6. The largest absolute Gasteiger partial charge is 0.445 e. The number of amides is 1. The van der Waals surface area contributed by atoms with Crippen LogP contribution in [0.5, 0.6) is 0 Å². The van der Waals surface area contributed by atoms with Crippen molar-refractivity contribution in [2.24, 2.45) is 5.92 Å². The third kappa shape index (κ3) is 4.36. The minimum Gasteiger partial charge on any atom is -0.445 e. The lowest BCUT2D eigenvalue weighted by molar-refractivity contribution is 0.0941. The van der Waals surface area contributed by atoms with Crippen molar-refractivity contribution in [3.05, 3.63) is 41.5 Å². The van der Waals surface area contributed by atoms with E-state index in [1.54, 1.807) is 4.90 Å². The molecule has 1 aromatic heterocycles. The van der Waals surface area contributed by atoms with Crippen molar-refractivity contribution in [1.82, 2.24) is 14.9 Å². The van der Waals surface area contributed by atoms with Gasteiger partial charge in [0, 0.05) is 38.3 Å². The highest BCUT2D eigenvalue weighted by Crippen LogP contribution is 2.32. The quantitative estimate of drug-likeness (QED) is 0.820. The van der Waals surface area contributed by atoms with Crippen molar-refractivity contribution in [3.63, 3.8) is 0 Å². The van der Waals surface area contributed by atoms with E-state index < -0.39 is 0 Å². The smallest absolute Gasteiger partial charge is 0.410 e. The molecule has 0 aliphatic carbocycles. The van der Waals surface area contributed by atoms with Gasteiger partial charge >= 0.3 is 6.09 Å². The summed E-state index contributed by atoms with van der Waals surface area (Å²) in [4.78, 5) is 25.3. The minimum absolute atomic E-state index is 0.273. The average molecular weight is 396 g/mol.